The average Bonchev–Trinajstić information content (AvgIpc) is 2.29. The van der Waals surface area contributed by atoms with Gasteiger partial charge in [0.1, 0.15) is 12.2 Å². The fourth-order valence-corrected chi connectivity index (χ4v) is 1.96. The van der Waals surface area contributed by atoms with Crippen molar-refractivity contribution in [3.63, 3.8) is 0 Å². The van der Waals surface area contributed by atoms with Crippen LogP contribution in [0.5, 0.6) is 5.88 Å². The summed E-state index contributed by atoms with van der Waals surface area (Å²) in [7, 11) is 0. The number of pyridine rings is 1. The molecule has 90 valence electrons. The number of hydrogen-bond donors (Lipinski definition) is 0. The van der Waals surface area contributed by atoms with Crippen molar-refractivity contribution in [3.8, 4) is 11.9 Å². The van der Waals surface area contributed by atoms with Gasteiger partial charge >= 0.3 is 0 Å². The smallest absolute Gasteiger partial charge is 0.213 e. The Balaban J connectivity index is 1.98. The van der Waals surface area contributed by atoms with E-state index in [1.54, 1.807) is 12.1 Å². The molecule has 0 aromatic carbocycles. The molecule has 17 heavy (non-hydrogen) atoms. The monoisotopic (exact) mass is 232 g/mol. The molecule has 4 heteroatoms. The molecule has 1 aromatic heterocycles. The third-order valence-electron chi connectivity index (χ3n) is 2.80. The Labute approximate surface area is 101 Å². The van der Waals surface area contributed by atoms with E-state index in [0.29, 0.717) is 18.1 Å². The number of nitrogens with zero attached hydrogens (tertiary/aromatic N) is 2. The Morgan fingerprint density at radius 3 is 2.94 bits per heavy atom. The van der Waals surface area contributed by atoms with E-state index in [0.717, 1.165) is 12.8 Å². The highest BCUT2D eigenvalue weighted by Crippen LogP contribution is 2.26. The Morgan fingerprint density at radius 1 is 1.53 bits per heavy atom. The fraction of sp³-hybridized carbons (Fsp3) is 0.538. The first-order valence-corrected chi connectivity index (χ1v) is 5.76. The summed E-state index contributed by atoms with van der Waals surface area (Å²) >= 11 is 0. The zero-order valence-corrected chi connectivity index (χ0v) is 10.1. The number of nitriles is 1. The Kier molecular flexibility index (Phi) is 3.30. The van der Waals surface area contributed by atoms with Gasteiger partial charge in [0.15, 0.2) is 0 Å². The van der Waals surface area contributed by atoms with Crippen LogP contribution >= 0.6 is 0 Å². The van der Waals surface area contributed by atoms with Gasteiger partial charge in [-0.15, -0.1) is 0 Å². The van der Waals surface area contributed by atoms with E-state index in [9.17, 15) is 0 Å². The van der Waals surface area contributed by atoms with Gasteiger partial charge in [0.2, 0.25) is 5.88 Å². The number of ether oxygens (including phenoxy) is 2. The average molecular weight is 232 g/mol. The van der Waals surface area contributed by atoms with Crippen molar-refractivity contribution >= 4 is 0 Å². The van der Waals surface area contributed by atoms with Crippen LogP contribution in [-0.2, 0) is 4.74 Å². The molecular formula is C13H16N2O2. The van der Waals surface area contributed by atoms with Crippen LogP contribution in [0.25, 0.3) is 0 Å². The SMILES string of the molecule is CC1(C)CC(Oc2ccc(C#N)cn2)CCO1. The van der Waals surface area contributed by atoms with Gasteiger partial charge < -0.3 is 9.47 Å². The van der Waals surface area contributed by atoms with E-state index >= 15 is 0 Å². The van der Waals surface area contributed by atoms with Crippen molar-refractivity contribution in [2.75, 3.05) is 6.61 Å². The minimum absolute atomic E-state index is 0.129. The normalized spacial score (nSPS) is 22.8. The largest absolute Gasteiger partial charge is 0.474 e. The number of aromatic nitrogens is 1. The lowest BCUT2D eigenvalue weighted by Gasteiger charge is -2.35. The zero-order chi connectivity index (χ0) is 12.3. The second-order valence-electron chi connectivity index (χ2n) is 4.84. The van der Waals surface area contributed by atoms with Crippen molar-refractivity contribution in [2.24, 2.45) is 0 Å². The van der Waals surface area contributed by atoms with Gasteiger partial charge in [0.25, 0.3) is 0 Å². The van der Waals surface area contributed by atoms with Crippen molar-refractivity contribution in [1.29, 1.82) is 5.26 Å². The first-order chi connectivity index (χ1) is 8.09. The molecule has 0 amide bonds. The topological polar surface area (TPSA) is 55.1 Å². The molecule has 2 heterocycles. The van der Waals surface area contributed by atoms with Crippen molar-refractivity contribution in [2.45, 2.75) is 38.4 Å². The maximum atomic E-state index is 8.67. The third-order valence-corrected chi connectivity index (χ3v) is 2.80. The quantitative estimate of drug-likeness (QED) is 0.785. The predicted molar refractivity (Wildman–Crippen MR) is 62.6 cm³/mol. The molecule has 1 aromatic rings. The number of rotatable bonds is 2. The van der Waals surface area contributed by atoms with Gasteiger partial charge in [-0.1, -0.05) is 0 Å². The molecule has 2 rings (SSSR count). The first kappa shape index (κ1) is 11.9. The molecule has 0 spiro atoms. The molecular weight excluding hydrogens is 216 g/mol. The van der Waals surface area contributed by atoms with E-state index in [1.165, 1.54) is 6.20 Å². The molecule has 1 unspecified atom stereocenters. The molecule has 1 fully saturated rings. The lowest BCUT2D eigenvalue weighted by Crippen LogP contribution is -2.39. The third kappa shape index (κ3) is 3.18. The maximum Gasteiger partial charge on any atom is 0.213 e. The molecule has 0 bridgehead atoms. The van der Waals surface area contributed by atoms with Gasteiger partial charge in [0, 0.05) is 25.1 Å². The summed E-state index contributed by atoms with van der Waals surface area (Å²) in [5, 5.41) is 8.67. The summed E-state index contributed by atoms with van der Waals surface area (Å²) in [4.78, 5) is 4.11. The van der Waals surface area contributed by atoms with Gasteiger partial charge in [-0.05, 0) is 19.9 Å². The Morgan fingerprint density at radius 2 is 2.35 bits per heavy atom. The van der Waals surface area contributed by atoms with Gasteiger partial charge in [0.05, 0.1) is 17.8 Å². The fourth-order valence-electron chi connectivity index (χ4n) is 1.96. The van der Waals surface area contributed by atoms with Crippen LogP contribution in [0.2, 0.25) is 0 Å². The van der Waals surface area contributed by atoms with Crippen LogP contribution in [0.3, 0.4) is 0 Å². The predicted octanol–water partition coefficient (Wildman–Crippen LogP) is 2.29. The van der Waals surface area contributed by atoms with E-state index in [1.807, 2.05) is 6.07 Å². The van der Waals surface area contributed by atoms with Crippen LogP contribution in [-0.4, -0.2) is 23.3 Å². The second kappa shape index (κ2) is 4.72. The second-order valence-corrected chi connectivity index (χ2v) is 4.84. The lowest BCUT2D eigenvalue weighted by atomic mass is 9.96. The molecule has 0 saturated carbocycles. The molecule has 1 atom stereocenters. The Bertz CT molecular complexity index is 420. The summed E-state index contributed by atoms with van der Waals surface area (Å²) in [5.41, 5.74) is 0.417. The summed E-state index contributed by atoms with van der Waals surface area (Å²) < 4.78 is 11.4. The summed E-state index contributed by atoms with van der Waals surface area (Å²) in [6.45, 7) is 4.84. The van der Waals surface area contributed by atoms with E-state index in [-0.39, 0.29) is 11.7 Å². The molecule has 0 radical (unpaired) electrons. The molecule has 4 nitrogen and oxygen atoms in total. The summed E-state index contributed by atoms with van der Waals surface area (Å²) in [6, 6.07) is 5.49. The summed E-state index contributed by atoms with van der Waals surface area (Å²) in [6.07, 6.45) is 3.40. The van der Waals surface area contributed by atoms with Crippen molar-refractivity contribution in [3.05, 3.63) is 23.9 Å². The highest BCUT2D eigenvalue weighted by atomic mass is 16.5. The molecule has 1 aliphatic rings. The molecule has 0 aliphatic carbocycles. The first-order valence-electron chi connectivity index (χ1n) is 5.76. The lowest BCUT2D eigenvalue weighted by molar-refractivity contribution is -0.0904. The van der Waals surface area contributed by atoms with Gasteiger partial charge in [-0.3, -0.25) is 0 Å². The zero-order valence-electron chi connectivity index (χ0n) is 10.1. The Hall–Kier alpha value is -1.60. The van der Waals surface area contributed by atoms with E-state index in [2.05, 4.69) is 18.8 Å². The minimum atomic E-state index is -0.129. The minimum Gasteiger partial charge on any atom is -0.474 e. The van der Waals surface area contributed by atoms with Crippen LogP contribution in [0.1, 0.15) is 32.3 Å². The van der Waals surface area contributed by atoms with Crippen LogP contribution < -0.4 is 4.74 Å². The van der Waals surface area contributed by atoms with Crippen LogP contribution in [0.15, 0.2) is 18.3 Å². The molecule has 1 aliphatic heterocycles. The standard InChI is InChI=1S/C13H16N2O2/c1-13(2)7-11(5-6-16-13)17-12-4-3-10(8-14)9-15-12/h3-4,9,11H,5-7H2,1-2H3. The maximum absolute atomic E-state index is 8.67. The highest BCUT2D eigenvalue weighted by molar-refractivity contribution is 5.28. The van der Waals surface area contributed by atoms with E-state index in [4.69, 9.17) is 14.7 Å². The van der Waals surface area contributed by atoms with Gasteiger partial charge in [-0.2, -0.15) is 5.26 Å². The van der Waals surface area contributed by atoms with Crippen LogP contribution in [0.4, 0.5) is 0 Å². The molecule has 1 saturated heterocycles. The number of hydrogen-bond acceptors (Lipinski definition) is 4. The van der Waals surface area contributed by atoms with Crippen LogP contribution in [0, 0.1) is 11.3 Å². The molecule has 0 N–H and O–H groups in total. The summed E-state index contributed by atoms with van der Waals surface area (Å²) in [5.74, 6) is 0.576. The van der Waals surface area contributed by atoms with E-state index < -0.39 is 0 Å². The van der Waals surface area contributed by atoms with Gasteiger partial charge in [-0.25, -0.2) is 4.98 Å². The highest BCUT2D eigenvalue weighted by Gasteiger charge is 2.30. The van der Waals surface area contributed by atoms with Crippen molar-refractivity contribution < 1.29 is 9.47 Å². The van der Waals surface area contributed by atoms with Crippen molar-refractivity contribution in [1.82, 2.24) is 4.98 Å².